The maximum Gasteiger partial charge on any atom is 0.336 e. The van der Waals surface area contributed by atoms with Gasteiger partial charge in [0.05, 0.1) is 12.0 Å². The number of carboxylic acids is 1. The predicted octanol–water partition coefficient (Wildman–Crippen LogP) is 5.95. The fourth-order valence-corrected chi connectivity index (χ4v) is 5.63. The van der Waals surface area contributed by atoms with E-state index in [1.54, 1.807) is 53.4 Å². The van der Waals surface area contributed by atoms with Gasteiger partial charge in [0.1, 0.15) is 17.1 Å². The summed E-state index contributed by atoms with van der Waals surface area (Å²) in [5.41, 5.74) is 11.5. The number of ketones is 1. The van der Waals surface area contributed by atoms with E-state index >= 15 is 0 Å². The molecular formula is C35H27N5O7. The third kappa shape index (κ3) is 6.53. The number of benzene rings is 3. The highest BCUT2D eigenvalue weighted by atomic mass is 16.5. The molecule has 4 aromatic rings. The van der Waals surface area contributed by atoms with Crippen molar-refractivity contribution in [1.82, 2.24) is 4.90 Å². The number of carbonyl (C=O) groups is 3. The van der Waals surface area contributed by atoms with Crippen LogP contribution in [0.15, 0.2) is 117 Å². The Balaban J connectivity index is 1.23. The average molecular weight is 630 g/mol. The van der Waals surface area contributed by atoms with Crippen molar-refractivity contribution in [2.75, 3.05) is 31.1 Å². The number of hydrogen-bond donors (Lipinski definition) is 1. The van der Waals surface area contributed by atoms with Crippen LogP contribution in [0.3, 0.4) is 0 Å². The zero-order chi connectivity index (χ0) is 33.1. The Bertz CT molecular complexity index is 2130. The molecule has 2 aliphatic rings. The average Bonchev–Trinajstić information content (AvgIpc) is 3.06. The summed E-state index contributed by atoms with van der Waals surface area (Å²) >= 11 is 0. The van der Waals surface area contributed by atoms with Gasteiger partial charge in [-0.3, -0.25) is 9.59 Å². The molecule has 6 rings (SSSR count). The normalized spacial score (nSPS) is 14.5. The highest BCUT2D eigenvalue weighted by Gasteiger charge is 2.25. The summed E-state index contributed by atoms with van der Waals surface area (Å²) in [5, 5.41) is 14.0. The van der Waals surface area contributed by atoms with Gasteiger partial charge in [-0.2, -0.15) is 0 Å². The van der Waals surface area contributed by atoms with Crippen LogP contribution in [0.1, 0.15) is 15.9 Å². The number of ether oxygens (including phenoxy) is 1. The fraction of sp³-hybridized carbons (Fsp3) is 0.143. The number of nitrogens with zero attached hydrogens (tertiary/aromatic N) is 5. The number of fused-ring (bicyclic) bond motifs is 1. The van der Waals surface area contributed by atoms with Crippen LogP contribution in [0.2, 0.25) is 0 Å². The number of allylic oxidation sites excluding steroid dienone is 3. The molecule has 0 spiro atoms. The van der Waals surface area contributed by atoms with Crippen molar-refractivity contribution in [3.8, 4) is 16.9 Å². The zero-order valence-corrected chi connectivity index (χ0v) is 25.0. The van der Waals surface area contributed by atoms with E-state index in [4.69, 9.17) is 14.7 Å². The number of rotatable bonds is 8. The summed E-state index contributed by atoms with van der Waals surface area (Å²) in [6.45, 7) is 5.79. The summed E-state index contributed by atoms with van der Waals surface area (Å²) in [6.07, 6.45) is 4.29. The minimum absolute atomic E-state index is 0.00913. The van der Waals surface area contributed by atoms with Crippen LogP contribution < -0.4 is 15.3 Å². The summed E-state index contributed by atoms with van der Waals surface area (Å²) < 4.78 is 11.5. The Labute approximate surface area is 267 Å². The fourth-order valence-electron chi connectivity index (χ4n) is 5.63. The van der Waals surface area contributed by atoms with Crippen molar-refractivity contribution >= 4 is 40.0 Å². The number of carboxylic acid groups (broad SMARTS) is 1. The number of aromatic carboxylic acids is 1. The number of carbonyl (C=O) groups excluding carboxylic acids is 2. The lowest BCUT2D eigenvalue weighted by molar-refractivity contribution is -0.130. The molecule has 1 aliphatic carbocycles. The summed E-state index contributed by atoms with van der Waals surface area (Å²) in [6, 6.07) is 18.1. The van der Waals surface area contributed by atoms with E-state index in [0.717, 1.165) is 5.69 Å². The van der Waals surface area contributed by atoms with E-state index in [1.165, 1.54) is 30.4 Å². The number of piperazine rings is 1. The zero-order valence-electron chi connectivity index (χ0n) is 25.0. The monoisotopic (exact) mass is 629 g/mol. The van der Waals surface area contributed by atoms with Crippen LogP contribution in [0, 0.1) is 0 Å². The number of anilines is 1. The molecule has 12 nitrogen and oxygen atoms in total. The number of amides is 1. The second-order valence-electron chi connectivity index (χ2n) is 10.9. The first-order valence-corrected chi connectivity index (χ1v) is 14.6. The lowest BCUT2D eigenvalue weighted by Crippen LogP contribution is -2.49. The SMILES string of the molecule is C=C1C=CC(=O)C=C1Oc1cc(N2CCN(C(=O)Cc3cc(=O)oc4cc(N=[N+]=[N-])ccc34)CC2)ccc1-c1ccccc1C(=O)O. The van der Waals surface area contributed by atoms with Crippen molar-refractivity contribution in [1.29, 1.82) is 0 Å². The molecule has 1 aromatic heterocycles. The largest absolute Gasteiger partial charge is 0.478 e. The quantitative estimate of drug-likeness (QED) is 0.108. The van der Waals surface area contributed by atoms with Crippen LogP contribution in [0.25, 0.3) is 32.5 Å². The first-order chi connectivity index (χ1) is 22.7. The van der Waals surface area contributed by atoms with E-state index in [2.05, 4.69) is 21.5 Å². The number of azide groups is 1. The Hall–Kier alpha value is -6.39. The molecule has 12 heteroatoms. The topological polar surface area (TPSA) is 166 Å². The van der Waals surface area contributed by atoms with Gasteiger partial charge < -0.3 is 24.1 Å². The van der Waals surface area contributed by atoms with Gasteiger partial charge in [0, 0.05) is 77.2 Å². The summed E-state index contributed by atoms with van der Waals surface area (Å²) in [7, 11) is 0. The first-order valence-electron chi connectivity index (χ1n) is 14.6. The third-order valence-electron chi connectivity index (χ3n) is 7.98. The molecule has 1 fully saturated rings. The van der Waals surface area contributed by atoms with Gasteiger partial charge in [0.25, 0.3) is 0 Å². The van der Waals surface area contributed by atoms with Crippen LogP contribution in [-0.4, -0.2) is 53.8 Å². The van der Waals surface area contributed by atoms with Crippen molar-refractivity contribution in [2.24, 2.45) is 5.11 Å². The van der Waals surface area contributed by atoms with Crippen molar-refractivity contribution < 1.29 is 28.6 Å². The molecule has 0 atom stereocenters. The molecule has 0 radical (unpaired) electrons. The molecule has 1 saturated heterocycles. The molecule has 234 valence electrons. The van der Waals surface area contributed by atoms with E-state index in [0.29, 0.717) is 65.3 Å². The highest BCUT2D eigenvalue weighted by molar-refractivity contribution is 6.02. The van der Waals surface area contributed by atoms with E-state index in [9.17, 15) is 24.3 Å². The second-order valence-corrected chi connectivity index (χ2v) is 10.9. The van der Waals surface area contributed by atoms with Gasteiger partial charge in [0.2, 0.25) is 5.91 Å². The predicted molar refractivity (Wildman–Crippen MR) is 175 cm³/mol. The van der Waals surface area contributed by atoms with Gasteiger partial charge in [-0.15, -0.1) is 0 Å². The smallest absolute Gasteiger partial charge is 0.336 e. The third-order valence-corrected chi connectivity index (χ3v) is 7.98. The van der Waals surface area contributed by atoms with Crippen LogP contribution in [0.5, 0.6) is 5.75 Å². The van der Waals surface area contributed by atoms with Crippen LogP contribution in [-0.2, 0) is 16.0 Å². The molecule has 1 amide bonds. The molecule has 0 unspecified atom stereocenters. The van der Waals surface area contributed by atoms with Gasteiger partial charge >= 0.3 is 11.6 Å². The molecule has 1 N–H and O–H groups in total. The van der Waals surface area contributed by atoms with Gasteiger partial charge in [0.15, 0.2) is 5.78 Å². The lowest BCUT2D eigenvalue weighted by atomic mass is 9.98. The van der Waals surface area contributed by atoms with Gasteiger partial charge in [-0.05, 0) is 53.1 Å². The van der Waals surface area contributed by atoms with Crippen LogP contribution >= 0.6 is 0 Å². The van der Waals surface area contributed by atoms with E-state index in [-0.39, 0.29) is 35.0 Å². The maximum atomic E-state index is 13.3. The van der Waals surface area contributed by atoms with Gasteiger partial charge in [-0.1, -0.05) is 42.0 Å². The molecular weight excluding hydrogens is 602 g/mol. The molecule has 0 bridgehead atoms. The first kappa shape index (κ1) is 30.6. The molecule has 47 heavy (non-hydrogen) atoms. The lowest BCUT2D eigenvalue weighted by Gasteiger charge is -2.36. The highest BCUT2D eigenvalue weighted by Crippen LogP contribution is 2.38. The van der Waals surface area contributed by atoms with E-state index in [1.807, 2.05) is 6.07 Å². The minimum Gasteiger partial charge on any atom is -0.478 e. The summed E-state index contributed by atoms with van der Waals surface area (Å²) in [4.78, 5) is 56.3. The number of hydrogen-bond acceptors (Lipinski definition) is 8. The Morgan fingerprint density at radius 2 is 1.77 bits per heavy atom. The van der Waals surface area contributed by atoms with Crippen molar-refractivity contribution in [3.63, 3.8) is 0 Å². The Morgan fingerprint density at radius 3 is 2.53 bits per heavy atom. The second kappa shape index (κ2) is 12.9. The summed E-state index contributed by atoms with van der Waals surface area (Å²) in [5.74, 6) is -0.878. The Kier molecular flexibility index (Phi) is 8.42. The minimum atomic E-state index is -1.09. The Morgan fingerprint density at radius 1 is 0.979 bits per heavy atom. The molecule has 2 heterocycles. The van der Waals surface area contributed by atoms with Crippen molar-refractivity contribution in [2.45, 2.75) is 6.42 Å². The van der Waals surface area contributed by atoms with Crippen LogP contribution in [0.4, 0.5) is 11.4 Å². The maximum absolute atomic E-state index is 13.3. The molecule has 1 aliphatic heterocycles. The molecule has 3 aromatic carbocycles. The van der Waals surface area contributed by atoms with Gasteiger partial charge in [-0.25, -0.2) is 9.59 Å². The standard InChI is InChI=1S/C35H27N5O7/c1-21-6-9-25(41)20-30(21)46-32-19-24(8-11-28(32)27-4-2-3-5-29(27)35(44)45)39-12-14-40(15-13-39)33(42)16-22-17-34(43)47-31-18-23(37-38-36)7-10-26(22)31/h2-11,17-20H,1,12-16H2,(H,44,45). The molecule has 0 saturated carbocycles. The van der Waals surface area contributed by atoms with E-state index < -0.39 is 11.6 Å². The van der Waals surface area contributed by atoms with Crippen molar-refractivity contribution in [3.05, 3.63) is 135 Å².